The summed E-state index contributed by atoms with van der Waals surface area (Å²) in [4.78, 5) is 0. The van der Waals surface area contributed by atoms with Gasteiger partial charge in [-0.15, -0.1) is 0 Å². The SMILES string of the molecule is CCC1C(C)OC1(CO)OC(C)COC. The van der Waals surface area contributed by atoms with Crippen LogP contribution in [0.15, 0.2) is 0 Å². The van der Waals surface area contributed by atoms with Gasteiger partial charge in [0, 0.05) is 13.0 Å². The number of ether oxygens (including phenoxy) is 3. The van der Waals surface area contributed by atoms with Gasteiger partial charge in [-0.1, -0.05) is 6.92 Å². The first kappa shape index (κ1) is 12.9. The Morgan fingerprint density at radius 1 is 1.53 bits per heavy atom. The minimum Gasteiger partial charge on any atom is -0.391 e. The molecule has 90 valence electrons. The van der Waals surface area contributed by atoms with Gasteiger partial charge in [0.15, 0.2) is 5.79 Å². The van der Waals surface area contributed by atoms with Crippen molar-refractivity contribution in [3.05, 3.63) is 0 Å². The molecule has 0 aliphatic carbocycles. The highest BCUT2D eigenvalue weighted by Gasteiger charge is 2.54. The van der Waals surface area contributed by atoms with E-state index < -0.39 is 5.79 Å². The molecule has 0 bridgehead atoms. The number of hydrogen-bond donors (Lipinski definition) is 1. The topological polar surface area (TPSA) is 47.9 Å². The van der Waals surface area contributed by atoms with Gasteiger partial charge in [-0.3, -0.25) is 0 Å². The lowest BCUT2D eigenvalue weighted by atomic mass is 9.84. The van der Waals surface area contributed by atoms with E-state index in [0.29, 0.717) is 6.61 Å². The first-order valence-electron chi connectivity index (χ1n) is 5.55. The van der Waals surface area contributed by atoms with Crippen molar-refractivity contribution in [2.24, 2.45) is 5.92 Å². The lowest BCUT2D eigenvalue weighted by Crippen LogP contribution is -2.63. The van der Waals surface area contributed by atoms with Gasteiger partial charge < -0.3 is 19.3 Å². The normalized spacial score (nSPS) is 37.4. The van der Waals surface area contributed by atoms with Crippen molar-refractivity contribution in [3.63, 3.8) is 0 Å². The third-order valence-corrected chi connectivity index (χ3v) is 2.98. The molecule has 0 aromatic heterocycles. The Morgan fingerprint density at radius 2 is 2.20 bits per heavy atom. The average Bonchev–Trinajstić information content (AvgIpc) is 2.17. The smallest absolute Gasteiger partial charge is 0.197 e. The van der Waals surface area contributed by atoms with Crippen molar-refractivity contribution in [2.45, 2.75) is 45.2 Å². The maximum Gasteiger partial charge on any atom is 0.197 e. The van der Waals surface area contributed by atoms with Crippen LogP contribution in [0.2, 0.25) is 0 Å². The molecule has 4 nitrogen and oxygen atoms in total. The fraction of sp³-hybridized carbons (Fsp3) is 1.00. The van der Waals surface area contributed by atoms with Crippen LogP contribution in [0.5, 0.6) is 0 Å². The largest absolute Gasteiger partial charge is 0.391 e. The van der Waals surface area contributed by atoms with E-state index in [2.05, 4.69) is 6.92 Å². The van der Waals surface area contributed by atoms with Gasteiger partial charge in [0.05, 0.1) is 25.4 Å². The second kappa shape index (κ2) is 5.25. The molecule has 1 fully saturated rings. The van der Waals surface area contributed by atoms with Crippen molar-refractivity contribution in [1.82, 2.24) is 0 Å². The predicted molar refractivity (Wildman–Crippen MR) is 56.6 cm³/mol. The van der Waals surface area contributed by atoms with E-state index in [9.17, 15) is 5.11 Å². The molecule has 4 atom stereocenters. The summed E-state index contributed by atoms with van der Waals surface area (Å²) in [6.07, 6.45) is 1.04. The summed E-state index contributed by atoms with van der Waals surface area (Å²) in [5.41, 5.74) is 0. The predicted octanol–water partition coefficient (Wildman–Crippen LogP) is 1.17. The van der Waals surface area contributed by atoms with Crippen LogP contribution in [0.3, 0.4) is 0 Å². The zero-order valence-electron chi connectivity index (χ0n) is 10.0. The second-order valence-electron chi connectivity index (χ2n) is 4.19. The molecule has 1 rings (SSSR count). The number of aliphatic hydroxyl groups is 1. The van der Waals surface area contributed by atoms with E-state index in [0.717, 1.165) is 6.42 Å². The molecule has 1 aliphatic heterocycles. The van der Waals surface area contributed by atoms with Crippen molar-refractivity contribution < 1.29 is 19.3 Å². The van der Waals surface area contributed by atoms with Crippen molar-refractivity contribution in [2.75, 3.05) is 20.3 Å². The molecule has 0 radical (unpaired) electrons. The van der Waals surface area contributed by atoms with Crippen molar-refractivity contribution >= 4 is 0 Å². The maximum atomic E-state index is 9.38. The molecule has 0 saturated carbocycles. The Kier molecular flexibility index (Phi) is 4.52. The molecule has 0 spiro atoms. The van der Waals surface area contributed by atoms with Gasteiger partial charge in [0.1, 0.15) is 0 Å². The van der Waals surface area contributed by atoms with Crippen LogP contribution in [0.4, 0.5) is 0 Å². The minimum atomic E-state index is -0.799. The third kappa shape index (κ3) is 2.50. The van der Waals surface area contributed by atoms with Crippen LogP contribution in [0, 0.1) is 5.92 Å². The fourth-order valence-electron chi connectivity index (χ4n) is 2.33. The molecule has 4 heteroatoms. The van der Waals surface area contributed by atoms with E-state index in [1.165, 1.54) is 0 Å². The first-order valence-corrected chi connectivity index (χ1v) is 5.55. The van der Waals surface area contributed by atoms with Crippen molar-refractivity contribution in [1.29, 1.82) is 0 Å². The standard InChI is InChI=1S/C11H22O4/c1-5-10-9(3)15-11(10,7-12)14-8(2)6-13-4/h8-10,12H,5-7H2,1-4H3. The van der Waals surface area contributed by atoms with Crippen LogP contribution < -0.4 is 0 Å². The second-order valence-corrected chi connectivity index (χ2v) is 4.19. The molecule has 15 heavy (non-hydrogen) atoms. The molecule has 1 N–H and O–H groups in total. The molecule has 0 amide bonds. The van der Waals surface area contributed by atoms with Crippen LogP contribution in [0.25, 0.3) is 0 Å². The number of aliphatic hydroxyl groups excluding tert-OH is 1. The summed E-state index contributed by atoms with van der Waals surface area (Å²) in [5, 5.41) is 9.38. The highest BCUT2D eigenvalue weighted by atomic mass is 16.7. The Hall–Kier alpha value is -0.160. The zero-order valence-corrected chi connectivity index (χ0v) is 10.0. The van der Waals surface area contributed by atoms with Crippen LogP contribution >= 0.6 is 0 Å². The van der Waals surface area contributed by atoms with Gasteiger partial charge in [-0.2, -0.15) is 0 Å². The molecule has 1 heterocycles. The quantitative estimate of drug-likeness (QED) is 0.727. The number of methoxy groups -OCH3 is 1. The third-order valence-electron chi connectivity index (χ3n) is 2.98. The first-order chi connectivity index (χ1) is 7.09. The Balaban J connectivity index is 2.54. The highest BCUT2D eigenvalue weighted by Crippen LogP contribution is 2.42. The molecule has 0 aromatic carbocycles. The van der Waals surface area contributed by atoms with Crippen LogP contribution in [-0.4, -0.2) is 43.4 Å². The summed E-state index contributed by atoms with van der Waals surface area (Å²) in [6, 6.07) is 0. The molecular weight excluding hydrogens is 196 g/mol. The van der Waals surface area contributed by atoms with E-state index in [4.69, 9.17) is 14.2 Å². The fourth-order valence-corrected chi connectivity index (χ4v) is 2.33. The molecule has 4 unspecified atom stereocenters. The van der Waals surface area contributed by atoms with E-state index >= 15 is 0 Å². The Morgan fingerprint density at radius 3 is 2.60 bits per heavy atom. The van der Waals surface area contributed by atoms with Crippen molar-refractivity contribution in [3.8, 4) is 0 Å². The molecule has 0 aromatic rings. The maximum absolute atomic E-state index is 9.38. The van der Waals surface area contributed by atoms with Crippen LogP contribution in [-0.2, 0) is 14.2 Å². The summed E-state index contributed by atoms with van der Waals surface area (Å²) in [7, 11) is 1.63. The number of hydrogen-bond acceptors (Lipinski definition) is 4. The molecule has 1 aliphatic rings. The van der Waals surface area contributed by atoms with Gasteiger partial charge >= 0.3 is 0 Å². The van der Waals surface area contributed by atoms with E-state index in [1.807, 2.05) is 13.8 Å². The van der Waals surface area contributed by atoms with Crippen LogP contribution in [0.1, 0.15) is 27.2 Å². The zero-order chi connectivity index (χ0) is 11.5. The monoisotopic (exact) mass is 218 g/mol. The number of rotatable bonds is 6. The summed E-state index contributed by atoms with van der Waals surface area (Å²) >= 11 is 0. The molecular formula is C11H22O4. The minimum absolute atomic E-state index is 0.0660. The van der Waals surface area contributed by atoms with E-state index in [-0.39, 0.29) is 24.7 Å². The Labute approximate surface area is 91.5 Å². The van der Waals surface area contributed by atoms with Gasteiger partial charge in [-0.05, 0) is 20.3 Å². The lowest BCUT2D eigenvalue weighted by molar-refractivity contribution is -0.401. The van der Waals surface area contributed by atoms with Gasteiger partial charge in [0.25, 0.3) is 0 Å². The summed E-state index contributed by atoms with van der Waals surface area (Å²) < 4.78 is 16.3. The van der Waals surface area contributed by atoms with Gasteiger partial charge in [-0.25, -0.2) is 0 Å². The average molecular weight is 218 g/mol. The molecule has 1 saturated heterocycles. The Bertz CT molecular complexity index is 197. The van der Waals surface area contributed by atoms with E-state index in [1.54, 1.807) is 7.11 Å². The van der Waals surface area contributed by atoms with Gasteiger partial charge in [0.2, 0.25) is 0 Å². The summed E-state index contributed by atoms with van der Waals surface area (Å²) in [6.45, 7) is 6.42. The lowest BCUT2D eigenvalue weighted by Gasteiger charge is -2.53. The summed E-state index contributed by atoms with van der Waals surface area (Å²) in [5.74, 6) is -0.534. The highest BCUT2D eigenvalue weighted by molar-refractivity contribution is 4.93.